The quantitative estimate of drug-likeness (QED) is 0.123. The Kier molecular flexibility index (Phi) is 11.9. The van der Waals surface area contributed by atoms with Crippen molar-refractivity contribution in [1.82, 2.24) is 14.5 Å². The molecule has 0 atom stereocenters. The van der Waals surface area contributed by atoms with Crippen molar-refractivity contribution >= 4 is 46.2 Å². The van der Waals surface area contributed by atoms with Crippen LogP contribution in [0.5, 0.6) is 0 Å². The monoisotopic (exact) mass is 1000 g/mol. The van der Waals surface area contributed by atoms with E-state index in [0.29, 0.717) is 0 Å². The summed E-state index contributed by atoms with van der Waals surface area (Å²) in [5.41, 5.74) is 14.8. The van der Waals surface area contributed by atoms with Gasteiger partial charge < -0.3 is 14.0 Å². The topological polar surface area (TPSA) is 43.9 Å². The molecule has 309 valence electrons. The Balaban J connectivity index is 0.000000248. The molecule has 0 aliphatic carbocycles. The van der Waals surface area contributed by atoms with Crippen LogP contribution < -0.4 is 5.19 Å². The molecule has 3 aromatic heterocycles. The molecule has 0 saturated heterocycles. The van der Waals surface area contributed by atoms with Crippen LogP contribution in [0.25, 0.3) is 83.6 Å². The maximum atomic E-state index is 6.53. The number of aryl methyl sites for hydroxylation is 1. The van der Waals surface area contributed by atoms with Crippen molar-refractivity contribution in [2.24, 2.45) is 0 Å². The summed E-state index contributed by atoms with van der Waals surface area (Å²) in [4.78, 5) is 9.87. The fourth-order valence-electron chi connectivity index (χ4n) is 8.30. The van der Waals surface area contributed by atoms with Gasteiger partial charge in [-0.15, -0.1) is 54.1 Å². The number of para-hydroxylation sites is 3. The smallest absolute Gasteiger partial charge is 0.120 e. The molecule has 0 aliphatic rings. The molecule has 0 aliphatic heterocycles. The van der Waals surface area contributed by atoms with Crippen molar-refractivity contribution < 1.29 is 24.5 Å². The zero-order valence-electron chi connectivity index (χ0n) is 36.2. The largest absolute Gasteiger partial charge is 0.501 e. The van der Waals surface area contributed by atoms with E-state index in [1.165, 1.54) is 16.3 Å². The first-order chi connectivity index (χ1) is 29.5. The minimum atomic E-state index is -1.27. The predicted molar refractivity (Wildman–Crippen MR) is 258 cm³/mol. The molecule has 10 rings (SSSR count). The number of hydrogen-bond donors (Lipinski definition) is 0. The summed E-state index contributed by atoms with van der Waals surface area (Å²) in [6, 6.07) is 63.7. The molecule has 6 heteroatoms. The van der Waals surface area contributed by atoms with E-state index >= 15 is 0 Å². The Bertz CT molecular complexity index is 3100. The van der Waals surface area contributed by atoms with Crippen molar-refractivity contribution in [2.75, 3.05) is 0 Å². The van der Waals surface area contributed by atoms with Gasteiger partial charge in [0.1, 0.15) is 5.58 Å². The van der Waals surface area contributed by atoms with E-state index in [-0.39, 0.29) is 25.5 Å². The van der Waals surface area contributed by atoms with Crippen LogP contribution in [0.2, 0.25) is 19.6 Å². The van der Waals surface area contributed by atoms with Crippen LogP contribution in [0.15, 0.2) is 174 Å². The minimum Gasteiger partial charge on any atom is -0.501 e. The van der Waals surface area contributed by atoms with Gasteiger partial charge in [-0.1, -0.05) is 154 Å². The second-order valence-corrected chi connectivity index (χ2v) is 22.8. The van der Waals surface area contributed by atoms with Gasteiger partial charge in [-0.2, -0.15) is 0 Å². The molecule has 0 saturated carbocycles. The summed E-state index contributed by atoms with van der Waals surface area (Å²) >= 11 is 0. The van der Waals surface area contributed by atoms with Gasteiger partial charge in [0.15, 0.2) is 0 Å². The third-order valence-electron chi connectivity index (χ3n) is 11.4. The predicted octanol–water partition coefficient (Wildman–Crippen LogP) is 14.4. The molecule has 7 aromatic carbocycles. The van der Waals surface area contributed by atoms with Crippen molar-refractivity contribution in [3.05, 3.63) is 193 Å². The van der Waals surface area contributed by atoms with Crippen molar-refractivity contribution in [3.8, 4) is 50.6 Å². The zero-order valence-corrected chi connectivity index (χ0v) is 39.6. The van der Waals surface area contributed by atoms with Crippen LogP contribution in [-0.4, -0.2) is 22.6 Å². The number of fused-ring (bicyclic) bond motifs is 4. The average Bonchev–Trinajstić information content (AvgIpc) is 3.85. The van der Waals surface area contributed by atoms with E-state index < -0.39 is 8.07 Å². The summed E-state index contributed by atoms with van der Waals surface area (Å²) < 4.78 is 8.86. The first-order valence-electron chi connectivity index (χ1n) is 21.0. The van der Waals surface area contributed by atoms with Gasteiger partial charge in [0.25, 0.3) is 0 Å². The van der Waals surface area contributed by atoms with Gasteiger partial charge in [-0.05, 0) is 70.2 Å². The first-order valence-corrected chi connectivity index (χ1v) is 24.5. The second kappa shape index (κ2) is 17.3. The van der Waals surface area contributed by atoms with E-state index in [4.69, 9.17) is 9.40 Å². The number of hydrogen-bond acceptors (Lipinski definition) is 3. The van der Waals surface area contributed by atoms with E-state index in [2.05, 4.69) is 197 Å². The second-order valence-electron chi connectivity index (χ2n) is 17.8. The third kappa shape index (κ3) is 8.26. The first kappa shape index (κ1) is 42.5. The van der Waals surface area contributed by atoms with E-state index in [1.54, 1.807) is 0 Å². The summed E-state index contributed by atoms with van der Waals surface area (Å²) in [6.45, 7) is 16.1. The van der Waals surface area contributed by atoms with Gasteiger partial charge in [0.2, 0.25) is 0 Å². The molecule has 1 radical (unpaired) electrons. The van der Waals surface area contributed by atoms with Crippen LogP contribution in [0, 0.1) is 19.1 Å². The molecule has 0 bridgehead atoms. The molecular formula is C56H49IrN3OSi-2. The van der Waals surface area contributed by atoms with Crippen LogP contribution >= 0.6 is 0 Å². The van der Waals surface area contributed by atoms with Gasteiger partial charge >= 0.3 is 0 Å². The van der Waals surface area contributed by atoms with Gasteiger partial charge in [0.05, 0.1) is 36.2 Å². The van der Waals surface area contributed by atoms with Crippen molar-refractivity contribution in [3.63, 3.8) is 0 Å². The normalized spacial score (nSPS) is 11.7. The van der Waals surface area contributed by atoms with E-state index in [9.17, 15) is 0 Å². The summed E-state index contributed by atoms with van der Waals surface area (Å²) in [5, 5.41) is 3.59. The van der Waals surface area contributed by atoms with E-state index in [1.807, 2.05) is 42.5 Å². The summed E-state index contributed by atoms with van der Waals surface area (Å²) in [5.74, 6) is 0.800. The zero-order chi connectivity index (χ0) is 42.3. The third-order valence-corrected chi connectivity index (χ3v) is 13.5. The minimum absolute atomic E-state index is 0. The average molecular weight is 1000 g/mol. The Morgan fingerprint density at radius 3 is 1.90 bits per heavy atom. The fourth-order valence-corrected chi connectivity index (χ4v) is 10.0. The Morgan fingerprint density at radius 1 is 0.645 bits per heavy atom. The maximum absolute atomic E-state index is 6.53. The van der Waals surface area contributed by atoms with Gasteiger partial charge in [-0.3, -0.25) is 4.98 Å². The number of benzene rings is 7. The SMILES string of the molecule is CC(C)(C)c1cc(-c2ccccc2)c(-n2c(-c3[c-]ccc4c3oc3ccccc34)nc3ccccc32)c(-c2ccccc2)c1.Cc1cc(-c2[c-]cccc2)ncc1[Si](C)(C)C.[Ir]. The van der Waals surface area contributed by atoms with Crippen molar-refractivity contribution in [1.29, 1.82) is 0 Å². The van der Waals surface area contributed by atoms with Crippen LogP contribution in [-0.2, 0) is 25.5 Å². The van der Waals surface area contributed by atoms with Gasteiger partial charge in [-0.25, -0.2) is 0 Å². The number of aromatic nitrogens is 3. The summed E-state index contributed by atoms with van der Waals surface area (Å²) in [7, 11) is -1.27. The maximum Gasteiger partial charge on any atom is 0.120 e. The molecule has 3 heterocycles. The van der Waals surface area contributed by atoms with Crippen LogP contribution in [0.3, 0.4) is 0 Å². The molecule has 62 heavy (non-hydrogen) atoms. The fraction of sp³-hybridized carbons (Fsp3) is 0.143. The van der Waals surface area contributed by atoms with Gasteiger partial charge in [0, 0.05) is 42.8 Å². The number of rotatable bonds is 6. The molecule has 10 aromatic rings. The molecular weight excluding hydrogens is 951 g/mol. The number of pyridine rings is 1. The number of nitrogens with zero attached hydrogens (tertiary/aromatic N) is 3. The molecule has 0 spiro atoms. The standard InChI is InChI=1S/C41H31N2O.C15H18NSi.Ir/c1-41(2,3)29-25-33(27-15-6-4-7-16-27)38(34(26-29)28-17-8-5-9-18-28)43-36-23-12-11-22-35(36)42-40(43)32-21-14-20-31-30-19-10-13-24-37(30)44-39(31)32;1-12-10-14(13-8-6-5-7-9-13)16-11-15(12)17(2,3)4;/h4-20,22-26H,1-3H3;5-8,10-11H,1-4H3;/q2*-1;. The molecule has 4 nitrogen and oxygen atoms in total. The van der Waals surface area contributed by atoms with Crippen molar-refractivity contribution in [2.45, 2.75) is 52.8 Å². The summed E-state index contributed by atoms with van der Waals surface area (Å²) in [6.07, 6.45) is 2.05. The Labute approximate surface area is 379 Å². The Hall–Kier alpha value is -6.17. The molecule has 0 unspecified atom stereocenters. The van der Waals surface area contributed by atoms with E-state index in [0.717, 1.165) is 83.6 Å². The van der Waals surface area contributed by atoms with Crippen LogP contribution in [0.1, 0.15) is 31.9 Å². The number of furan rings is 1. The van der Waals surface area contributed by atoms with Crippen LogP contribution in [0.4, 0.5) is 0 Å². The number of imidazole rings is 1. The molecule has 0 amide bonds. The molecule has 0 fully saturated rings. The molecule has 0 N–H and O–H groups in total. The Morgan fingerprint density at radius 2 is 1.27 bits per heavy atom.